The van der Waals surface area contributed by atoms with Gasteiger partial charge in [-0.1, -0.05) is 17.8 Å². The highest BCUT2D eigenvalue weighted by Crippen LogP contribution is 2.28. The maximum absolute atomic E-state index is 11.6. The molecule has 19 heavy (non-hydrogen) atoms. The van der Waals surface area contributed by atoms with E-state index >= 15 is 0 Å². The summed E-state index contributed by atoms with van der Waals surface area (Å²) in [6.45, 7) is 5.80. The first-order chi connectivity index (χ1) is 8.92. The molecule has 102 valence electrons. The highest BCUT2D eigenvalue weighted by molar-refractivity contribution is 7.99. The van der Waals surface area contributed by atoms with Crippen molar-refractivity contribution in [1.29, 1.82) is 0 Å². The molecule has 0 saturated carbocycles. The van der Waals surface area contributed by atoms with Gasteiger partial charge in [-0.25, -0.2) is 4.98 Å². The third-order valence-corrected chi connectivity index (χ3v) is 4.26. The van der Waals surface area contributed by atoms with Gasteiger partial charge in [-0.2, -0.15) is 0 Å². The second-order valence-electron chi connectivity index (χ2n) is 5.23. The minimum Gasteiger partial charge on any atom is -0.469 e. The number of aromatic amines is 1. The number of hydrogen-bond donors (Lipinski definition) is 1. The fraction of sp³-hybridized carbons (Fsp3) is 0.429. The third-order valence-electron chi connectivity index (χ3n) is 2.92. The Morgan fingerprint density at radius 3 is 2.89 bits per heavy atom. The number of H-pyrrole nitrogens is 1. The van der Waals surface area contributed by atoms with Crippen molar-refractivity contribution in [1.82, 2.24) is 9.97 Å². The number of carbonyl (C=O) groups excluding carboxylic acids is 1. The Kier molecular flexibility index (Phi) is 3.85. The van der Waals surface area contributed by atoms with E-state index in [1.807, 2.05) is 32.9 Å². The number of methoxy groups -OCH3 is 1. The van der Waals surface area contributed by atoms with Crippen LogP contribution in [-0.2, 0) is 9.53 Å². The van der Waals surface area contributed by atoms with Crippen molar-refractivity contribution in [2.24, 2.45) is 5.41 Å². The van der Waals surface area contributed by atoms with Gasteiger partial charge >= 0.3 is 5.97 Å². The lowest BCUT2D eigenvalue weighted by Crippen LogP contribution is -2.28. The van der Waals surface area contributed by atoms with Crippen molar-refractivity contribution in [3.05, 3.63) is 23.8 Å². The number of rotatable bonds is 4. The molecule has 1 N–H and O–H groups in total. The first kappa shape index (κ1) is 13.9. The third kappa shape index (κ3) is 3.10. The topological polar surface area (TPSA) is 55.0 Å². The van der Waals surface area contributed by atoms with Gasteiger partial charge in [0.25, 0.3) is 0 Å². The Morgan fingerprint density at radius 1 is 1.47 bits per heavy atom. The number of esters is 1. The van der Waals surface area contributed by atoms with Gasteiger partial charge in [-0.05, 0) is 38.5 Å². The summed E-state index contributed by atoms with van der Waals surface area (Å²) in [5.41, 5.74) is 2.65. The van der Waals surface area contributed by atoms with Crippen LogP contribution in [0.1, 0.15) is 19.4 Å². The Bertz CT molecular complexity index is 605. The van der Waals surface area contributed by atoms with E-state index in [1.54, 1.807) is 0 Å². The predicted octanol–water partition coefficient (Wildman–Crippen LogP) is 3.16. The molecule has 2 rings (SSSR count). The van der Waals surface area contributed by atoms with Crippen LogP contribution in [0.3, 0.4) is 0 Å². The van der Waals surface area contributed by atoms with E-state index < -0.39 is 5.41 Å². The molecule has 0 unspecified atom stereocenters. The molecule has 0 atom stereocenters. The molecule has 0 fully saturated rings. The van der Waals surface area contributed by atoms with E-state index in [0.717, 1.165) is 16.2 Å². The average molecular weight is 278 g/mol. The molecular formula is C14H18N2O2S. The molecule has 4 nitrogen and oxygen atoms in total. The lowest BCUT2D eigenvalue weighted by atomic mass is 9.97. The summed E-state index contributed by atoms with van der Waals surface area (Å²) < 4.78 is 4.80. The lowest BCUT2D eigenvalue weighted by molar-refractivity contribution is -0.149. The fourth-order valence-corrected chi connectivity index (χ4v) is 2.71. The summed E-state index contributed by atoms with van der Waals surface area (Å²) in [5, 5.41) is 0.831. The number of ether oxygens (including phenoxy) is 1. The van der Waals surface area contributed by atoms with Crippen LogP contribution in [0.5, 0.6) is 0 Å². The molecule has 0 aliphatic rings. The predicted molar refractivity (Wildman–Crippen MR) is 77.4 cm³/mol. The monoisotopic (exact) mass is 278 g/mol. The SMILES string of the molecule is COC(=O)C(C)(C)CSc1nc2ccc(C)cc2[nH]1. The molecule has 1 aromatic carbocycles. The van der Waals surface area contributed by atoms with Gasteiger partial charge in [0.15, 0.2) is 5.16 Å². The van der Waals surface area contributed by atoms with Crippen molar-refractivity contribution in [2.75, 3.05) is 12.9 Å². The number of hydrogen-bond acceptors (Lipinski definition) is 4. The molecular weight excluding hydrogens is 260 g/mol. The van der Waals surface area contributed by atoms with Crippen molar-refractivity contribution in [3.63, 3.8) is 0 Å². The fourth-order valence-electron chi connectivity index (χ4n) is 1.75. The van der Waals surface area contributed by atoms with Gasteiger partial charge < -0.3 is 9.72 Å². The first-order valence-electron chi connectivity index (χ1n) is 6.10. The highest BCUT2D eigenvalue weighted by Gasteiger charge is 2.29. The Hall–Kier alpha value is -1.49. The van der Waals surface area contributed by atoms with Crippen LogP contribution in [0.4, 0.5) is 0 Å². The van der Waals surface area contributed by atoms with Crippen LogP contribution >= 0.6 is 11.8 Å². The minimum atomic E-state index is -0.520. The van der Waals surface area contributed by atoms with Crippen molar-refractivity contribution < 1.29 is 9.53 Å². The van der Waals surface area contributed by atoms with Gasteiger partial charge in [-0.3, -0.25) is 4.79 Å². The van der Waals surface area contributed by atoms with Crippen LogP contribution in [-0.4, -0.2) is 28.8 Å². The second kappa shape index (κ2) is 5.25. The summed E-state index contributed by atoms with van der Waals surface area (Å²) in [6, 6.07) is 6.10. The first-order valence-corrected chi connectivity index (χ1v) is 7.08. The van der Waals surface area contributed by atoms with E-state index in [2.05, 4.69) is 16.0 Å². The van der Waals surface area contributed by atoms with Gasteiger partial charge in [0.1, 0.15) is 0 Å². The maximum Gasteiger partial charge on any atom is 0.312 e. The minimum absolute atomic E-state index is 0.202. The molecule has 5 heteroatoms. The molecule has 0 radical (unpaired) electrons. The van der Waals surface area contributed by atoms with E-state index in [1.165, 1.54) is 24.4 Å². The summed E-state index contributed by atoms with van der Waals surface area (Å²) in [5.74, 6) is 0.422. The van der Waals surface area contributed by atoms with E-state index in [9.17, 15) is 4.79 Å². The summed E-state index contributed by atoms with van der Waals surface area (Å²) >= 11 is 1.54. The van der Waals surface area contributed by atoms with Crippen LogP contribution < -0.4 is 0 Å². The van der Waals surface area contributed by atoms with Gasteiger partial charge in [0.05, 0.1) is 23.6 Å². The number of benzene rings is 1. The van der Waals surface area contributed by atoms with Crippen LogP contribution in [0.2, 0.25) is 0 Å². The van der Waals surface area contributed by atoms with Gasteiger partial charge in [0, 0.05) is 5.75 Å². The number of carbonyl (C=O) groups is 1. The zero-order chi connectivity index (χ0) is 14.0. The number of imidazole rings is 1. The number of aryl methyl sites for hydroxylation is 1. The Labute approximate surface area is 116 Å². The molecule has 2 aromatic rings. The molecule has 1 heterocycles. The van der Waals surface area contributed by atoms with Crippen LogP contribution in [0.25, 0.3) is 11.0 Å². The van der Waals surface area contributed by atoms with Gasteiger partial charge in [0.2, 0.25) is 0 Å². The summed E-state index contributed by atoms with van der Waals surface area (Å²) in [7, 11) is 1.42. The Balaban J connectivity index is 2.12. The smallest absolute Gasteiger partial charge is 0.312 e. The molecule has 0 aliphatic carbocycles. The molecule has 0 aliphatic heterocycles. The van der Waals surface area contributed by atoms with Crippen molar-refractivity contribution in [3.8, 4) is 0 Å². The van der Waals surface area contributed by atoms with E-state index in [-0.39, 0.29) is 5.97 Å². The second-order valence-corrected chi connectivity index (χ2v) is 6.19. The van der Waals surface area contributed by atoms with Crippen molar-refractivity contribution >= 4 is 28.8 Å². The number of fused-ring (bicyclic) bond motifs is 1. The van der Waals surface area contributed by atoms with E-state index in [0.29, 0.717) is 5.75 Å². The molecule has 0 bridgehead atoms. The highest BCUT2D eigenvalue weighted by atomic mass is 32.2. The zero-order valence-corrected chi connectivity index (χ0v) is 12.4. The summed E-state index contributed by atoms with van der Waals surface area (Å²) in [6.07, 6.45) is 0. The number of aromatic nitrogens is 2. The standard InChI is InChI=1S/C14H18N2O2S/c1-9-5-6-10-11(7-9)16-13(15-10)19-8-14(2,3)12(17)18-4/h5-7H,8H2,1-4H3,(H,15,16). The molecule has 0 spiro atoms. The normalized spacial score (nSPS) is 11.8. The number of nitrogens with zero attached hydrogens (tertiary/aromatic N) is 1. The molecule has 0 amide bonds. The summed E-state index contributed by atoms with van der Waals surface area (Å²) in [4.78, 5) is 19.4. The maximum atomic E-state index is 11.6. The lowest BCUT2D eigenvalue weighted by Gasteiger charge is -2.19. The van der Waals surface area contributed by atoms with E-state index in [4.69, 9.17) is 4.74 Å². The van der Waals surface area contributed by atoms with Gasteiger partial charge in [-0.15, -0.1) is 0 Å². The zero-order valence-electron chi connectivity index (χ0n) is 11.6. The Morgan fingerprint density at radius 2 is 2.21 bits per heavy atom. The van der Waals surface area contributed by atoms with Crippen LogP contribution in [0, 0.1) is 12.3 Å². The van der Waals surface area contributed by atoms with Crippen LogP contribution in [0.15, 0.2) is 23.4 Å². The average Bonchev–Trinajstić information content (AvgIpc) is 2.77. The number of nitrogens with one attached hydrogen (secondary N) is 1. The molecule has 1 aromatic heterocycles. The number of thioether (sulfide) groups is 1. The quantitative estimate of drug-likeness (QED) is 0.689. The largest absolute Gasteiger partial charge is 0.469 e. The molecule has 0 saturated heterocycles. The van der Waals surface area contributed by atoms with Crippen molar-refractivity contribution in [2.45, 2.75) is 25.9 Å².